The summed E-state index contributed by atoms with van der Waals surface area (Å²) in [6.07, 6.45) is 1.52. The van der Waals surface area contributed by atoms with Crippen LogP contribution in [0.2, 0.25) is 10.0 Å². The molecular weight excluding hydrogens is 571 g/mol. The number of benzene rings is 1. The predicted molar refractivity (Wildman–Crippen MR) is 155 cm³/mol. The number of halogens is 2. The maximum atomic E-state index is 13.5. The van der Waals surface area contributed by atoms with Crippen LogP contribution in [0.3, 0.4) is 0 Å². The van der Waals surface area contributed by atoms with Crippen LogP contribution in [0.4, 0.5) is 5.69 Å². The second-order valence-corrected chi connectivity index (χ2v) is 10.5. The average Bonchev–Trinajstić information content (AvgIpc) is 3.35. The van der Waals surface area contributed by atoms with E-state index in [0.29, 0.717) is 33.3 Å². The Morgan fingerprint density at radius 2 is 1.93 bits per heavy atom. The molecule has 214 valence electrons. The highest BCUT2D eigenvalue weighted by Crippen LogP contribution is 2.46. The van der Waals surface area contributed by atoms with Crippen molar-refractivity contribution in [3.8, 4) is 28.8 Å². The van der Waals surface area contributed by atoms with Crippen molar-refractivity contribution in [1.29, 1.82) is 0 Å². The summed E-state index contributed by atoms with van der Waals surface area (Å²) < 4.78 is 19.3. The molecule has 0 saturated carbocycles. The van der Waals surface area contributed by atoms with Gasteiger partial charge in [-0.25, -0.2) is 14.5 Å². The van der Waals surface area contributed by atoms with Gasteiger partial charge in [-0.1, -0.05) is 43.1 Å². The molecule has 1 aromatic carbocycles. The van der Waals surface area contributed by atoms with Crippen molar-refractivity contribution < 1.29 is 19.0 Å². The van der Waals surface area contributed by atoms with E-state index in [1.54, 1.807) is 36.9 Å². The minimum absolute atomic E-state index is 0.0495. The highest BCUT2D eigenvalue weighted by Gasteiger charge is 2.37. The smallest absolute Gasteiger partial charge is 0.359 e. The van der Waals surface area contributed by atoms with Gasteiger partial charge in [-0.3, -0.25) is 4.79 Å². The summed E-state index contributed by atoms with van der Waals surface area (Å²) in [5.41, 5.74) is 4.16. The van der Waals surface area contributed by atoms with E-state index in [1.807, 2.05) is 19.9 Å². The summed E-state index contributed by atoms with van der Waals surface area (Å²) in [4.78, 5) is 34.8. The first-order chi connectivity index (χ1) is 19.6. The van der Waals surface area contributed by atoms with Crippen LogP contribution in [-0.4, -0.2) is 51.1 Å². The molecule has 0 radical (unpaired) electrons. The van der Waals surface area contributed by atoms with Crippen molar-refractivity contribution in [1.82, 2.24) is 24.3 Å². The third-order valence-electron chi connectivity index (χ3n) is 6.83. The molecule has 1 N–H and O–H groups in total. The zero-order valence-electron chi connectivity index (χ0n) is 23.3. The molecule has 0 saturated heterocycles. The van der Waals surface area contributed by atoms with Crippen molar-refractivity contribution in [3.63, 3.8) is 0 Å². The number of pyridine rings is 1. The Morgan fingerprint density at radius 3 is 2.59 bits per heavy atom. The highest BCUT2D eigenvalue weighted by molar-refractivity contribution is 6.31. The topological polar surface area (TPSA) is 122 Å². The molecule has 0 bridgehead atoms. The van der Waals surface area contributed by atoms with E-state index < -0.39 is 12.0 Å². The summed E-state index contributed by atoms with van der Waals surface area (Å²) in [5, 5.41) is 8.80. The standard InChI is InChI=1S/C28H28Cl2N6O5/c1-7-41-27(38)22-20(23(13(2)3)36(34-22)19-12-31-28(40-6)33-25(19)39-5)21-15-9-8-14(29)10-16(15)24-18(32-21)11-17(30)26(37)35(24)4/h8-13,21,32H,7H2,1-6H3. The summed E-state index contributed by atoms with van der Waals surface area (Å²) in [7, 11) is 4.58. The van der Waals surface area contributed by atoms with Crippen LogP contribution >= 0.6 is 23.2 Å². The molecule has 1 aliphatic rings. The third kappa shape index (κ3) is 4.78. The van der Waals surface area contributed by atoms with Crippen molar-refractivity contribution in [2.45, 2.75) is 32.7 Å². The zero-order chi connectivity index (χ0) is 29.6. The number of nitrogens with zero attached hydrogens (tertiary/aromatic N) is 5. The Balaban J connectivity index is 1.84. The van der Waals surface area contributed by atoms with Gasteiger partial charge in [0.05, 0.1) is 50.1 Å². The lowest BCUT2D eigenvalue weighted by Gasteiger charge is -2.32. The first-order valence-electron chi connectivity index (χ1n) is 12.8. The highest BCUT2D eigenvalue weighted by atomic mass is 35.5. The van der Waals surface area contributed by atoms with Gasteiger partial charge in [-0.2, -0.15) is 10.1 Å². The lowest BCUT2D eigenvalue weighted by molar-refractivity contribution is 0.0517. The van der Waals surface area contributed by atoms with Crippen LogP contribution in [0, 0.1) is 0 Å². The number of ether oxygens (including phenoxy) is 3. The van der Waals surface area contributed by atoms with Gasteiger partial charge in [-0.05, 0) is 36.6 Å². The maximum absolute atomic E-state index is 13.5. The summed E-state index contributed by atoms with van der Waals surface area (Å²) in [5.74, 6) is -0.535. The number of hydrogen-bond acceptors (Lipinski definition) is 9. The Hall–Kier alpha value is -4.09. The van der Waals surface area contributed by atoms with E-state index in [9.17, 15) is 9.59 Å². The fourth-order valence-corrected chi connectivity index (χ4v) is 5.54. The number of aromatic nitrogens is 5. The van der Waals surface area contributed by atoms with Gasteiger partial charge >= 0.3 is 12.0 Å². The van der Waals surface area contributed by atoms with E-state index in [1.165, 1.54) is 25.0 Å². The van der Waals surface area contributed by atoms with E-state index in [0.717, 1.165) is 11.1 Å². The number of anilines is 1. The van der Waals surface area contributed by atoms with Gasteiger partial charge in [0.15, 0.2) is 5.69 Å². The molecule has 5 rings (SSSR count). The van der Waals surface area contributed by atoms with E-state index in [4.69, 9.17) is 42.5 Å². The SMILES string of the molecule is CCOC(=O)c1nn(-c2cnc(OC)nc2OC)c(C(C)C)c1C1Nc2cc(Cl)c(=O)n(C)c2-c2cc(Cl)ccc21. The lowest BCUT2D eigenvalue weighted by Crippen LogP contribution is -2.27. The first-order valence-corrected chi connectivity index (χ1v) is 13.6. The number of nitrogens with one attached hydrogen (secondary N) is 1. The van der Waals surface area contributed by atoms with Crippen molar-refractivity contribution in [2.75, 3.05) is 26.1 Å². The van der Waals surface area contributed by atoms with Crippen LogP contribution in [-0.2, 0) is 11.8 Å². The number of hydrogen-bond donors (Lipinski definition) is 1. The van der Waals surface area contributed by atoms with Gasteiger partial charge in [-0.15, -0.1) is 0 Å². The molecule has 4 heterocycles. The molecule has 1 atom stereocenters. The van der Waals surface area contributed by atoms with Gasteiger partial charge in [0, 0.05) is 23.2 Å². The minimum atomic E-state index is -0.599. The number of methoxy groups -OCH3 is 2. The summed E-state index contributed by atoms with van der Waals surface area (Å²) >= 11 is 12.8. The number of carbonyl (C=O) groups is 1. The molecule has 11 nitrogen and oxygen atoms in total. The number of esters is 1. The quantitative estimate of drug-likeness (QED) is 0.287. The van der Waals surface area contributed by atoms with Gasteiger partial charge in [0.25, 0.3) is 5.56 Å². The fraction of sp³-hybridized carbons (Fsp3) is 0.321. The van der Waals surface area contributed by atoms with Crippen LogP contribution in [0.25, 0.3) is 16.9 Å². The molecule has 0 aliphatic carbocycles. The second kappa shape index (κ2) is 11.1. The normalized spacial score (nSPS) is 13.8. The van der Waals surface area contributed by atoms with E-state index in [2.05, 4.69) is 15.3 Å². The summed E-state index contributed by atoms with van der Waals surface area (Å²) in [6.45, 7) is 5.86. The van der Waals surface area contributed by atoms with Gasteiger partial charge in [0.2, 0.25) is 5.88 Å². The minimum Gasteiger partial charge on any atom is -0.479 e. The third-order valence-corrected chi connectivity index (χ3v) is 7.34. The van der Waals surface area contributed by atoms with Gasteiger partial charge < -0.3 is 24.1 Å². The Bertz CT molecular complexity index is 1730. The number of rotatable bonds is 7. The monoisotopic (exact) mass is 598 g/mol. The fourth-order valence-electron chi connectivity index (χ4n) is 5.14. The van der Waals surface area contributed by atoms with Crippen molar-refractivity contribution in [2.24, 2.45) is 7.05 Å². The molecule has 41 heavy (non-hydrogen) atoms. The Kier molecular flexibility index (Phi) is 7.67. The zero-order valence-corrected chi connectivity index (χ0v) is 24.8. The van der Waals surface area contributed by atoms with Crippen LogP contribution in [0.5, 0.6) is 11.9 Å². The molecule has 0 spiro atoms. The van der Waals surface area contributed by atoms with E-state index >= 15 is 0 Å². The molecule has 0 fully saturated rings. The number of carbonyl (C=O) groups excluding carboxylic acids is 1. The maximum Gasteiger partial charge on any atom is 0.359 e. The molecular formula is C28H28Cl2N6O5. The Labute approximate surface area is 246 Å². The molecule has 13 heteroatoms. The number of fused-ring (bicyclic) bond motifs is 3. The van der Waals surface area contributed by atoms with Crippen molar-refractivity contribution >= 4 is 34.9 Å². The first kappa shape index (κ1) is 28.4. The molecule has 3 aromatic heterocycles. The van der Waals surface area contributed by atoms with Crippen LogP contribution in [0.1, 0.15) is 60.0 Å². The van der Waals surface area contributed by atoms with Gasteiger partial charge in [0.1, 0.15) is 10.7 Å². The molecule has 0 amide bonds. The van der Waals surface area contributed by atoms with E-state index in [-0.39, 0.29) is 40.7 Å². The predicted octanol–water partition coefficient (Wildman–Crippen LogP) is 5.17. The van der Waals surface area contributed by atoms with Crippen molar-refractivity contribution in [3.05, 3.63) is 73.4 Å². The average molecular weight is 599 g/mol. The van der Waals surface area contributed by atoms with Crippen LogP contribution < -0.4 is 20.3 Å². The molecule has 1 unspecified atom stereocenters. The Morgan fingerprint density at radius 1 is 1.17 bits per heavy atom. The summed E-state index contributed by atoms with van der Waals surface area (Å²) in [6, 6.07) is 6.52. The van der Waals surface area contributed by atoms with Crippen LogP contribution in [0.15, 0.2) is 35.3 Å². The molecule has 1 aliphatic heterocycles. The molecule has 4 aromatic rings. The largest absolute Gasteiger partial charge is 0.479 e. The lowest BCUT2D eigenvalue weighted by atomic mass is 9.85. The second-order valence-electron chi connectivity index (χ2n) is 9.61.